The summed E-state index contributed by atoms with van der Waals surface area (Å²) in [6, 6.07) is 0.552. The fraction of sp³-hybridized carbons (Fsp3) is 1.00. The van der Waals surface area contributed by atoms with E-state index >= 15 is 0 Å². The Hall–Kier alpha value is 1.77. The van der Waals surface area contributed by atoms with Crippen molar-refractivity contribution in [3.63, 3.8) is 0 Å². The monoisotopic (exact) mass is 281 g/mol. The van der Waals surface area contributed by atoms with Crippen molar-refractivity contribution in [1.82, 2.24) is 0 Å². The van der Waals surface area contributed by atoms with Gasteiger partial charge in [0.15, 0.2) is 0 Å². The van der Waals surface area contributed by atoms with Gasteiger partial charge in [-0.3, -0.25) is 0 Å². The van der Waals surface area contributed by atoms with Crippen molar-refractivity contribution in [2.24, 2.45) is 16.7 Å². The first-order chi connectivity index (χ1) is 6.23. The Morgan fingerprint density at radius 1 is 0.933 bits per heavy atom. The van der Waals surface area contributed by atoms with Crippen molar-refractivity contribution in [3.8, 4) is 0 Å². The summed E-state index contributed by atoms with van der Waals surface area (Å²) in [6.45, 7) is 15.1. The molecule has 0 amide bonds. The van der Waals surface area contributed by atoms with Crippen molar-refractivity contribution in [3.05, 3.63) is 5.32 Å². The van der Waals surface area contributed by atoms with Crippen LogP contribution in [0.5, 0.6) is 0 Å². The average Bonchev–Trinajstić information content (AvgIpc) is 2.01. The second kappa shape index (κ2) is 6.09. The van der Waals surface area contributed by atoms with E-state index in [1.165, 1.54) is 12.8 Å². The molecule has 0 saturated carbocycles. The fourth-order valence-corrected chi connectivity index (χ4v) is 2.61. The van der Waals surface area contributed by atoms with Crippen molar-refractivity contribution in [2.45, 2.75) is 60.4 Å². The van der Waals surface area contributed by atoms with E-state index in [9.17, 15) is 0 Å². The molecular weight excluding hydrogens is 256 g/mol. The molecule has 0 radical (unpaired) electrons. The minimum atomic E-state index is 0. The summed E-state index contributed by atoms with van der Waals surface area (Å²) in [5, 5.41) is 4.85. The second-order valence-electron chi connectivity index (χ2n) is 6.83. The molecule has 84 valence electrons. The molecule has 1 fully saturated rings. The average molecular weight is 282 g/mol. The number of hydrogen-bond acceptors (Lipinski definition) is 0. The summed E-state index contributed by atoms with van der Waals surface area (Å²) in [5.41, 5.74) is 0.736. The zero-order chi connectivity index (χ0) is 11.0. The summed E-state index contributed by atoms with van der Waals surface area (Å²) >= 11 is 0. The predicted molar refractivity (Wildman–Crippen MR) is 63.6 cm³/mol. The van der Waals surface area contributed by atoms with Crippen LogP contribution in [0.3, 0.4) is 0 Å². The standard InChI is InChI=1S/C13H26N.Rb/c1-12(2,3)10-8-7-9-14-11(10)13(4,5)6;/h10-11H,7-9H2,1-6H3;/q-1;+1. The molecule has 1 heterocycles. The third-order valence-electron chi connectivity index (χ3n) is 3.38. The van der Waals surface area contributed by atoms with Gasteiger partial charge in [0.1, 0.15) is 0 Å². The third-order valence-corrected chi connectivity index (χ3v) is 3.38. The van der Waals surface area contributed by atoms with Gasteiger partial charge in [0.2, 0.25) is 0 Å². The van der Waals surface area contributed by atoms with Crippen molar-refractivity contribution >= 4 is 0 Å². The molecule has 2 unspecified atom stereocenters. The van der Waals surface area contributed by atoms with Gasteiger partial charge in [-0.2, -0.15) is 0 Å². The van der Waals surface area contributed by atoms with E-state index in [0.29, 0.717) is 16.9 Å². The topological polar surface area (TPSA) is 14.1 Å². The van der Waals surface area contributed by atoms with E-state index in [1.54, 1.807) is 0 Å². The number of hydrogen-bond donors (Lipinski definition) is 0. The van der Waals surface area contributed by atoms with E-state index in [4.69, 9.17) is 5.32 Å². The first kappa shape index (κ1) is 16.8. The van der Waals surface area contributed by atoms with Crippen LogP contribution in [-0.4, -0.2) is 12.6 Å². The zero-order valence-electron chi connectivity index (χ0n) is 11.7. The Morgan fingerprint density at radius 3 is 1.80 bits per heavy atom. The van der Waals surface area contributed by atoms with Gasteiger partial charge in [-0.15, -0.1) is 12.6 Å². The van der Waals surface area contributed by atoms with E-state index in [0.717, 1.165) is 12.5 Å². The zero-order valence-corrected chi connectivity index (χ0v) is 16.6. The summed E-state index contributed by atoms with van der Waals surface area (Å²) in [6.07, 6.45) is 2.64. The van der Waals surface area contributed by atoms with Gasteiger partial charge in [-0.1, -0.05) is 65.7 Å². The maximum Gasteiger partial charge on any atom is 1.00 e. The number of rotatable bonds is 0. The van der Waals surface area contributed by atoms with Gasteiger partial charge < -0.3 is 5.32 Å². The maximum atomic E-state index is 4.85. The predicted octanol–water partition coefficient (Wildman–Crippen LogP) is 1.23. The van der Waals surface area contributed by atoms with Crippen LogP contribution in [0.4, 0.5) is 0 Å². The van der Waals surface area contributed by atoms with Crippen molar-refractivity contribution in [1.29, 1.82) is 0 Å². The van der Waals surface area contributed by atoms with Gasteiger partial charge in [-0.05, 0) is 5.41 Å². The largest absolute Gasteiger partial charge is 1.00 e. The molecule has 0 aromatic heterocycles. The SMILES string of the molecule is CC(C)(C)C1CCC[N-]C1C(C)(C)C.[Rb+]. The van der Waals surface area contributed by atoms with Gasteiger partial charge in [0.05, 0.1) is 0 Å². The van der Waals surface area contributed by atoms with Crippen LogP contribution in [0, 0.1) is 16.7 Å². The molecule has 0 spiro atoms. The molecule has 0 aromatic rings. The van der Waals surface area contributed by atoms with Crippen LogP contribution in [0.25, 0.3) is 5.32 Å². The maximum absolute atomic E-state index is 4.85. The summed E-state index contributed by atoms with van der Waals surface area (Å²) in [4.78, 5) is 0. The molecule has 2 heteroatoms. The van der Waals surface area contributed by atoms with Crippen LogP contribution < -0.4 is 58.2 Å². The van der Waals surface area contributed by atoms with E-state index in [1.807, 2.05) is 0 Å². The minimum absolute atomic E-state index is 0. The molecule has 0 bridgehead atoms. The van der Waals surface area contributed by atoms with E-state index in [2.05, 4.69) is 41.5 Å². The van der Waals surface area contributed by atoms with Gasteiger partial charge in [-0.25, -0.2) is 0 Å². The van der Waals surface area contributed by atoms with Gasteiger partial charge >= 0.3 is 58.2 Å². The van der Waals surface area contributed by atoms with E-state index in [-0.39, 0.29) is 58.2 Å². The summed E-state index contributed by atoms with van der Waals surface area (Å²) in [5.74, 6) is 0.760. The molecule has 2 atom stereocenters. The molecule has 1 aliphatic heterocycles. The molecule has 0 aromatic carbocycles. The Morgan fingerprint density at radius 2 is 1.47 bits per heavy atom. The normalized spacial score (nSPS) is 28.4. The molecule has 0 aliphatic carbocycles. The summed E-state index contributed by atoms with van der Waals surface area (Å²) in [7, 11) is 0. The molecular formula is C13H26NRb. The van der Waals surface area contributed by atoms with Crippen LogP contribution in [0.1, 0.15) is 54.4 Å². The smallest absolute Gasteiger partial charge is 0.659 e. The number of nitrogens with zero attached hydrogens (tertiary/aromatic N) is 1. The van der Waals surface area contributed by atoms with E-state index < -0.39 is 0 Å². The molecule has 1 rings (SSSR count). The Labute approximate surface area is 145 Å². The van der Waals surface area contributed by atoms with Crippen LogP contribution >= 0.6 is 0 Å². The molecule has 1 saturated heterocycles. The molecule has 1 nitrogen and oxygen atoms in total. The Bertz CT molecular complexity index is 166. The third kappa shape index (κ3) is 4.87. The Balaban J connectivity index is 0.00000196. The molecule has 1 aliphatic rings. The first-order valence-corrected chi connectivity index (χ1v) is 5.89. The van der Waals surface area contributed by atoms with Gasteiger partial charge in [0, 0.05) is 0 Å². The molecule has 15 heavy (non-hydrogen) atoms. The minimum Gasteiger partial charge on any atom is -0.659 e. The van der Waals surface area contributed by atoms with Crippen LogP contribution in [0.2, 0.25) is 0 Å². The second-order valence-corrected chi connectivity index (χ2v) is 6.83. The fourth-order valence-electron chi connectivity index (χ4n) is 2.61. The van der Waals surface area contributed by atoms with Crippen molar-refractivity contribution in [2.75, 3.05) is 6.54 Å². The first-order valence-electron chi connectivity index (χ1n) is 5.89. The van der Waals surface area contributed by atoms with Crippen molar-refractivity contribution < 1.29 is 58.2 Å². The summed E-state index contributed by atoms with van der Waals surface area (Å²) < 4.78 is 0. The van der Waals surface area contributed by atoms with Gasteiger partial charge in [0.25, 0.3) is 0 Å². The number of piperidine rings is 1. The Kier molecular flexibility index (Phi) is 6.80. The van der Waals surface area contributed by atoms with Crippen LogP contribution in [-0.2, 0) is 0 Å². The van der Waals surface area contributed by atoms with Crippen LogP contribution in [0.15, 0.2) is 0 Å². The molecule has 0 N–H and O–H groups in total. The quantitative estimate of drug-likeness (QED) is 0.634.